The summed E-state index contributed by atoms with van der Waals surface area (Å²) in [5, 5.41) is 9.47. The zero-order valence-corrected chi connectivity index (χ0v) is 20.9. The number of esters is 1. The molecule has 1 N–H and O–H groups in total. The van der Waals surface area contributed by atoms with E-state index in [-0.39, 0.29) is 24.2 Å². The second-order valence-corrected chi connectivity index (χ2v) is 9.45. The zero-order valence-electron chi connectivity index (χ0n) is 20.9. The van der Waals surface area contributed by atoms with Gasteiger partial charge in [-0.2, -0.15) is 0 Å². The molecule has 1 fully saturated rings. The Bertz CT molecular complexity index is 1090. The number of halogens is 1. The molecule has 0 bridgehead atoms. The molecule has 1 saturated heterocycles. The number of aryl methyl sites for hydroxylation is 2. The van der Waals surface area contributed by atoms with E-state index >= 15 is 0 Å². The summed E-state index contributed by atoms with van der Waals surface area (Å²) < 4.78 is 24.5. The molecule has 36 heavy (non-hydrogen) atoms. The van der Waals surface area contributed by atoms with Crippen LogP contribution in [0.3, 0.4) is 0 Å². The van der Waals surface area contributed by atoms with E-state index in [0.29, 0.717) is 24.9 Å². The largest absolute Gasteiger partial charge is 0.494 e. The molecule has 3 heterocycles. The molecule has 2 aromatic rings. The number of hydrogen-bond acceptors (Lipinski definition) is 6. The van der Waals surface area contributed by atoms with Crippen LogP contribution in [0.1, 0.15) is 55.5 Å². The average molecular weight is 500 g/mol. The van der Waals surface area contributed by atoms with Gasteiger partial charge in [-0.3, -0.25) is 14.6 Å². The highest BCUT2D eigenvalue weighted by molar-refractivity contribution is 5.86. The van der Waals surface area contributed by atoms with Gasteiger partial charge in [0.1, 0.15) is 5.82 Å². The van der Waals surface area contributed by atoms with E-state index in [1.807, 2.05) is 12.1 Å². The van der Waals surface area contributed by atoms with Gasteiger partial charge in [-0.15, -0.1) is 0 Å². The van der Waals surface area contributed by atoms with Gasteiger partial charge in [0.05, 0.1) is 20.1 Å². The molecule has 4 rings (SSSR count). The van der Waals surface area contributed by atoms with E-state index in [0.717, 1.165) is 62.0 Å². The zero-order chi connectivity index (χ0) is 25.7. The van der Waals surface area contributed by atoms with Crippen LogP contribution < -0.4 is 9.64 Å². The molecule has 9 heteroatoms. The van der Waals surface area contributed by atoms with Gasteiger partial charge in [0.25, 0.3) is 0 Å². The molecule has 1 atom stereocenters. The topological polar surface area (TPSA) is 92.2 Å². The molecule has 194 valence electrons. The summed E-state index contributed by atoms with van der Waals surface area (Å²) in [4.78, 5) is 32.0. The van der Waals surface area contributed by atoms with Crippen LogP contribution in [0.25, 0.3) is 0 Å². The summed E-state index contributed by atoms with van der Waals surface area (Å²) in [5.41, 5.74) is 2.64. The SMILES string of the molecule is CCOC(=O)C[C@@H](c1ccc(OC)c(F)c1)N1CC(CCCc2ccc3c(n2)N(C(=O)O)CCC3)C1. The molecule has 1 aromatic heterocycles. The Morgan fingerprint density at radius 3 is 2.75 bits per heavy atom. The Hall–Kier alpha value is -3.20. The summed E-state index contributed by atoms with van der Waals surface area (Å²) in [5.74, 6) is 0.494. The second-order valence-electron chi connectivity index (χ2n) is 9.45. The van der Waals surface area contributed by atoms with Crippen LogP contribution in [0, 0.1) is 11.7 Å². The van der Waals surface area contributed by atoms with Crippen LogP contribution in [0.5, 0.6) is 5.75 Å². The van der Waals surface area contributed by atoms with Gasteiger partial charge >= 0.3 is 12.1 Å². The summed E-state index contributed by atoms with van der Waals surface area (Å²) in [7, 11) is 1.43. The van der Waals surface area contributed by atoms with Gasteiger partial charge in [-0.25, -0.2) is 14.2 Å². The van der Waals surface area contributed by atoms with E-state index in [2.05, 4.69) is 9.88 Å². The molecule has 1 amide bonds. The Kier molecular flexibility index (Phi) is 8.40. The van der Waals surface area contributed by atoms with Crippen molar-refractivity contribution >= 4 is 17.9 Å². The lowest BCUT2D eigenvalue weighted by Gasteiger charge is -2.44. The summed E-state index contributed by atoms with van der Waals surface area (Å²) in [6, 6.07) is 8.61. The van der Waals surface area contributed by atoms with Crippen LogP contribution in [-0.4, -0.2) is 60.4 Å². The molecule has 0 aliphatic carbocycles. The first-order valence-corrected chi connectivity index (χ1v) is 12.6. The van der Waals surface area contributed by atoms with Gasteiger partial charge < -0.3 is 14.6 Å². The number of carbonyl (C=O) groups excluding carboxylic acids is 1. The number of anilines is 1. The molecule has 8 nitrogen and oxygen atoms in total. The van der Waals surface area contributed by atoms with Crippen LogP contribution in [0.4, 0.5) is 15.0 Å². The molecule has 2 aliphatic rings. The number of carbonyl (C=O) groups is 2. The number of benzene rings is 1. The van der Waals surface area contributed by atoms with Crippen LogP contribution >= 0.6 is 0 Å². The van der Waals surface area contributed by atoms with Crippen LogP contribution in [-0.2, 0) is 22.4 Å². The minimum atomic E-state index is -0.954. The molecular weight excluding hydrogens is 465 g/mol. The summed E-state index contributed by atoms with van der Waals surface area (Å²) in [6.07, 6.45) is 3.62. The first-order chi connectivity index (χ1) is 17.4. The van der Waals surface area contributed by atoms with E-state index in [4.69, 9.17) is 9.47 Å². The number of rotatable bonds is 10. The van der Waals surface area contributed by atoms with Crippen LogP contribution in [0.2, 0.25) is 0 Å². The van der Waals surface area contributed by atoms with Gasteiger partial charge in [-0.1, -0.05) is 12.1 Å². The standard InChI is InChI=1S/C27H34FN3O5/c1-3-36-25(32)15-23(20-10-12-24(35-2)22(28)14-20)30-16-18(17-30)6-4-8-21-11-9-19-7-5-13-31(27(33)34)26(19)29-21/h9-12,14,18,23H,3-8,13,15-17H2,1-2H3,(H,33,34)/t23-/m0/s1. The lowest BCUT2D eigenvalue weighted by atomic mass is 9.89. The van der Waals surface area contributed by atoms with Gasteiger partial charge in [0, 0.05) is 31.4 Å². The number of aromatic nitrogens is 1. The minimum absolute atomic E-state index is 0.172. The summed E-state index contributed by atoms with van der Waals surface area (Å²) in [6.45, 7) is 4.22. The Labute approximate surface area is 211 Å². The fourth-order valence-electron chi connectivity index (χ4n) is 5.15. The van der Waals surface area contributed by atoms with Crippen molar-refractivity contribution in [2.24, 2.45) is 5.92 Å². The molecule has 0 radical (unpaired) electrons. The number of carboxylic acid groups (broad SMARTS) is 1. The van der Waals surface area contributed by atoms with Crippen molar-refractivity contribution in [2.45, 2.75) is 51.5 Å². The van der Waals surface area contributed by atoms with E-state index in [1.165, 1.54) is 18.1 Å². The molecular formula is C27H34FN3O5. The van der Waals surface area contributed by atoms with Crippen molar-refractivity contribution in [1.29, 1.82) is 0 Å². The van der Waals surface area contributed by atoms with Gasteiger partial charge in [0.15, 0.2) is 11.6 Å². The lowest BCUT2D eigenvalue weighted by molar-refractivity contribution is -0.145. The van der Waals surface area contributed by atoms with E-state index < -0.39 is 11.9 Å². The number of likely N-dealkylation sites (tertiary alicyclic amines) is 1. The van der Waals surface area contributed by atoms with Gasteiger partial charge in [-0.05, 0) is 74.3 Å². The first kappa shape index (κ1) is 25.9. The first-order valence-electron chi connectivity index (χ1n) is 12.6. The number of nitrogens with zero attached hydrogens (tertiary/aromatic N) is 3. The summed E-state index contributed by atoms with van der Waals surface area (Å²) >= 11 is 0. The van der Waals surface area contributed by atoms with Crippen molar-refractivity contribution < 1.29 is 28.6 Å². The normalized spacial score (nSPS) is 16.7. The molecule has 0 spiro atoms. The quantitative estimate of drug-likeness (QED) is 0.477. The highest BCUT2D eigenvalue weighted by Gasteiger charge is 2.34. The number of fused-ring (bicyclic) bond motifs is 1. The Morgan fingerprint density at radius 1 is 1.25 bits per heavy atom. The highest BCUT2D eigenvalue weighted by Crippen LogP contribution is 2.35. The van der Waals surface area contributed by atoms with E-state index in [1.54, 1.807) is 19.1 Å². The van der Waals surface area contributed by atoms with Crippen molar-refractivity contribution in [3.05, 3.63) is 53.0 Å². The van der Waals surface area contributed by atoms with Crippen molar-refractivity contribution in [3.8, 4) is 5.75 Å². The predicted molar refractivity (Wildman–Crippen MR) is 133 cm³/mol. The number of pyridine rings is 1. The number of amides is 1. The highest BCUT2D eigenvalue weighted by atomic mass is 19.1. The fourth-order valence-corrected chi connectivity index (χ4v) is 5.15. The average Bonchev–Trinajstić information content (AvgIpc) is 2.84. The molecule has 0 saturated carbocycles. The number of methoxy groups -OCH3 is 1. The maximum atomic E-state index is 14.4. The third-order valence-electron chi connectivity index (χ3n) is 7.03. The fraction of sp³-hybridized carbons (Fsp3) is 0.519. The van der Waals surface area contributed by atoms with Gasteiger partial charge in [0.2, 0.25) is 0 Å². The maximum Gasteiger partial charge on any atom is 0.413 e. The molecule has 0 unspecified atom stereocenters. The number of hydrogen-bond donors (Lipinski definition) is 1. The van der Waals surface area contributed by atoms with Crippen molar-refractivity contribution in [2.75, 3.05) is 38.3 Å². The Balaban J connectivity index is 1.33. The second kappa shape index (κ2) is 11.7. The number of ether oxygens (including phenoxy) is 2. The van der Waals surface area contributed by atoms with E-state index in [9.17, 15) is 19.1 Å². The monoisotopic (exact) mass is 499 g/mol. The minimum Gasteiger partial charge on any atom is -0.494 e. The lowest BCUT2D eigenvalue weighted by Crippen LogP contribution is -2.49. The third kappa shape index (κ3) is 5.95. The van der Waals surface area contributed by atoms with Crippen molar-refractivity contribution in [1.82, 2.24) is 9.88 Å². The molecule has 1 aromatic carbocycles. The third-order valence-corrected chi connectivity index (χ3v) is 7.03. The maximum absolute atomic E-state index is 14.4. The Morgan fingerprint density at radius 2 is 2.06 bits per heavy atom. The smallest absolute Gasteiger partial charge is 0.413 e. The molecule has 2 aliphatic heterocycles. The predicted octanol–water partition coefficient (Wildman–Crippen LogP) is 4.61. The van der Waals surface area contributed by atoms with Crippen LogP contribution in [0.15, 0.2) is 30.3 Å². The van der Waals surface area contributed by atoms with Crippen molar-refractivity contribution in [3.63, 3.8) is 0 Å².